The lowest BCUT2D eigenvalue weighted by molar-refractivity contribution is -0.396. The molecule has 0 N–H and O–H groups in total. The van der Waals surface area contributed by atoms with Crippen LogP contribution in [0.25, 0.3) is 0 Å². The lowest BCUT2D eigenvalue weighted by Gasteiger charge is -2.45. The van der Waals surface area contributed by atoms with Crippen molar-refractivity contribution >= 4 is 0 Å². The number of hydrogen-bond acceptors (Lipinski definition) is 6. The number of ether oxygens (including phenoxy) is 6. The van der Waals surface area contributed by atoms with Gasteiger partial charge in [0.2, 0.25) is 0 Å². The second-order valence-electron chi connectivity index (χ2n) is 3.88. The van der Waals surface area contributed by atoms with E-state index in [1.807, 2.05) is 0 Å². The van der Waals surface area contributed by atoms with Gasteiger partial charge in [-0.05, 0) is 0 Å². The van der Waals surface area contributed by atoms with E-state index >= 15 is 0 Å². The second-order valence-corrected chi connectivity index (χ2v) is 3.88. The Balaban J connectivity index is 2.28. The van der Waals surface area contributed by atoms with Crippen molar-refractivity contribution in [1.82, 2.24) is 0 Å². The van der Waals surface area contributed by atoms with Crippen molar-refractivity contribution in [3.63, 3.8) is 0 Å². The van der Waals surface area contributed by atoms with E-state index in [-0.39, 0.29) is 0 Å². The molecule has 0 bridgehead atoms. The Morgan fingerprint density at radius 2 is 1.76 bits per heavy atom. The summed E-state index contributed by atoms with van der Waals surface area (Å²) in [5.41, 5.74) is 0. The fraction of sp³-hybridized carbons (Fsp3) is 0.818. The molecule has 0 aromatic rings. The highest BCUT2D eigenvalue weighted by Gasteiger charge is 2.59. The van der Waals surface area contributed by atoms with Crippen molar-refractivity contribution in [3.8, 4) is 0 Å². The minimum Gasteiger partial charge on any atom is -0.439 e. The average molecular weight is 246 g/mol. The van der Waals surface area contributed by atoms with Crippen molar-refractivity contribution in [1.29, 1.82) is 0 Å². The predicted octanol–water partition coefficient (Wildman–Crippen LogP) is 0.276. The third-order valence-electron chi connectivity index (χ3n) is 3.01. The quantitative estimate of drug-likeness (QED) is 0.712. The van der Waals surface area contributed by atoms with Gasteiger partial charge in [0.25, 0.3) is 0 Å². The first-order valence-electron chi connectivity index (χ1n) is 5.42. The summed E-state index contributed by atoms with van der Waals surface area (Å²) in [6, 6.07) is 0. The third kappa shape index (κ3) is 1.96. The van der Waals surface area contributed by atoms with Crippen molar-refractivity contribution in [2.75, 3.05) is 34.5 Å². The molecule has 2 saturated heterocycles. The van der Waals surface area contributed by atoms with Gasteiger partial charge in [-0.2, -0.15) is 0 Å². The minimum atomic E-state index is -1.26. The third-order valence-corrected chi connectivity index (χ3v) is 3.01. The molecular weight excluding hydrogens is 228 g/mol. The van der Waals surface area contributed by atoms with Crippen LogP contribution in [0.2, 0.25) is 0 Å². The summed E-state index contributed by atoms with van der Waals surface area (Å²) in [5, 5.41) is 0. The van der Waals surface area contributed by atoms with Crippen LogP contribution in [0.5, 0.6) is 0 Å². The average Bonchev–Trinajstić information content (AvgIpc) is 2.77. The summed E-state index contributed by atoms with van der Waals surface area (Å²) in [6.07, 6.45) is -1.35. The van der Waals surface area contributed by atoms with Gasteiger partial charge in [0, 0.05) is 21.3 Å². The van der Waals surface area contributed by atoms with Crippen molar-refractivity contribution in [2.24, 2.45) is 0 Å². The standard InChI is InChI=1S/C11H18O6/c1-7-8(12-2)9(13-3)10(14-4)11(17-7)15-5-6-16-11/h8-10H,1,5-6H2,2-4H3. The van der Waals surface area contributed by atoms with Crippen molar-refractivity contribution in [3.05, 3.63) is 12.3 Å². The number of methoxy groups -OCH3 is 3. The Morgan fingerprint density at radius 1 is 1.12 bits per heavy atom. The van der Waals surface area contributed by atoms with E-state index in [0.29, 0.717) is 19.0 Å². The molecule has 6 heteroatoms. The van der Waals surface area contributed by atoms with Crippen LogP contribution in [-0.4, -0.2) is 58.8 Å². The number of hydrogen-bond donors (Lipinski definition) is 0. The first kappa shape index (κ1) is 12.8. The molecule has 6 nitrogen and oxygen atoms in total. The Kier molecular flexibility index (Phi) is 3.70. The van der Waals surface area contributed by atoms with Crippen LogP contribution < -0.4 is 0 Å². The van der Waals surface area contributed by atoms with Gasteiger partial charge >= 0.3 is 5.97 Å². The summed E-state index contributed by atoms with van der Waals surface area (Å²) < 4.78 is 32.7. The smallest absolute Gasteiger partial charge is 0.357 e. The zero-order valence-corrected chi connectivity index (χ0v) is 10.3. The van der Waals surface area contributed by atoms with E-state index in [0.717, 1.165) is 0 Å². The maximum atomic E-state index is 5.60. The zero-order chi connectivity index (χ0) is 12.5. The maximum Gasteiger partial charge on any atom is 0.357 e. The van der Waals surface area contributed by atoms with Crippen LogP contribution in [0.3, 0.4) is 0 Å². The number of rotatable bonds is 3. The van der Waals surface area contributed by atoms with Gasteiger partial charge in [-0.15, -0.1) is 0 Å². The fourth-order valence-corrected chi connectivity index (χ4v) is 2.27. The van der Waals surface area contributed by atoms with Gasteiger partial charge < -0.3 is 28.4 Å². The molecule has 17 heavy (non-hydrogen) atoms. The fourth-order valence-electron chi connectivity index (χ4n) is 2.27. The molecule has 98 valence electrons. The molecule has 2 fully saturated rings. The lowest BCUT2D eigenvalue weighted by atomic mass is 10.0. The van der Waals surface area contributed by atoms with Gasteiger partial charge in [0.1, 0.15) is 18.0 Å². The van der Waals surface area contributed by atoms with Crippen LogP contribution in [0, 0.1) is 0 Å². The Hall–Kier alpha value is -0.660. The molecule has 1 spiro atoms. The van der Waals surface area contributed by atoms with E-state index in [9.17, 15) is 0 Å². The molecule has 2 heterocycles. The van der Waals surface area contributed by atoms with Gasteiger partial charge in [0.05, 0.1) is 13.2 Å². The van der Waals surface area contributed by atoms with Crippen molar-refractivity contribution < 1.29 is 28.4 Å². The molecule has 0 saturated carbocycles. The highest BCUT2D eigenvalue weighted by molar-refractivity contribution is 5.08. The Bertz CT molecular complexity index is 286. The predicted molar refractivity (Wildman–Crippen MR) is 57.3 cm³/mol. The maximum absolute atomic E-state index is 5.60. The summed E-state index contributed by atoms with van der Waals surface area (Å²) in [4.78, 5) is 0. The summed E-state index contributed by atoms with van der Waals surface area (Å²) in [5.74, 6) is -0.851. The van der Waals surface area contributed by atoms with Crippen LogP contribution in [-0.2, 0) is 28.4 Å². The summed E-state index contributed by atoms with van der Waals surface area (Å²) >= 11 is 0. The lowest BCUT2D eigenvalue weighted by Crippen LogP contribution is -2.62. The molecule has 2 rings (SSSR count). The molecule has 0 aromatic heterocycles. The molecule has 0 aromatic carbocycles. The zero-order valence-electron chi connectivity index (χ0n) is 10.3. The van der Waals surface area contributed by atoms with E-state index < -0.39 is 24.3 Å². The topological polar surface area (TPSA) is 55.4 Å². The second kappa shape index (κ2) is 4.91. The van der Waals surface area contributed by atoms with Gasteiger partial charge in [-0.3, -0.25) is 0 Å². The summed E-state index contributed by atoms with van der Waals surface area (Å²) in [6.45, 7) is 4.70. The summed E-state index contributed by atoms with van der Waals surface area (Å²) in [7, 11) is 4.68. The van der Waals surface area contributed by atoms with Gasteiger partial charge in [-0.1, -0.05) is 6.58 Å². The van der Waals surface area contributed by atoms with Crippen LogP contribution in [0.1, 0.15) is 0 Å². The first-order valence-corrected chi connectivity index (χ1v) is 5.42. The normalized spacial score (nSPS) is 36.2. The largest absolute Gasteiger partial charge is 0.439 e. The molecule has 0 aliphatic carbocycles. The highest BCUT2D eigenvalue weighted by atomic mass is 16.9. The monoisotopic (exact) mass is 246 g/mol. The molecule has 3 atom stereocenters. The van der Waals surface area contributed by atoms with Crippen LogP contribution >= 0.6 is 0 Å². The van der Waals surface area contributed by atoms with E-state index in [1.54, 1.807) is 21.3 Å². The Labute approximate surface area is 100 Å². The van der Waals surface area contributed by atoms with E-state index in [4.69, 9.17) is 28.4 Å². The van der Waals surface area contributed by atoms with E-state index in [2.05, 4.69) is 6.58 Å². The van der Waals surface area contributed by atoms with Crippen molar-refractivity contribution in [2.45, 2.75) is 24.3 Å². The van der Waals surface area contributed by atoms with Gasteiger partial charge in [0.15, 0.2) is 6.10 Å². The molecular formula is C11H18O6. The van der Waals surface area contributed by atoms with Gasteiger partial charge in [-0.25, -0.2) is 0 Å². The van der Waals surface area contributed by atoms with E-state index in [1.165, 1.54) is 0 Å². The van der Waals surface area contributed by atoms with Crippen LogP contribution in [0.15, 0.2) is 12.3 Å². The Morgan fingerprint density at radius 3 is 2.24 bits per heavy atom. The first-order chi connectivity index (χ1) is 8.18. The molecule has 0 radical (unpaired) electrons. The SMILES string of the molecule is C=C1OC2(OCCO2)C(OC)C(OC)C1OC. The highest BCUT2D eigenvalue weighted by Crippen LogP contribution is 2.39. The molecule has 2 aliphatic rings. The minimum absolute atomic E-state index is 0.399. The molecule has 2 aliphatic heterocycles. The molecule has 3 unspecified atom stereocenters. The molecule has 0 amide bonds. The van der Waals surface area contributed by atoms with Crippen LogP contribution in [0.4, 0.5) is 0 Å².